The van der Waals surface area contributed by atoms with Crippen LogP contribution in [-0.2, 0) is 9.59 Å². The van der Waals surface area contributed by atoms with Crippen LogP contribution in [0.5, 0.6) is 5.75 Å². The smallest absolute Gasteiger partial charge is 0.231 e. The standard InChI is InChI=1S/C18H18N2O3/c1-12-6-2-3-7-14(12)19-17(21)10-13-11-23-16-9-5-4-8-15(16)20-18(13)22/h2-9,13H,10-11H2,1H3,(H,19,21)(H,20,22)/t13-/m0/s1. The Labute approximate surface area is 134 Å². The molecule has 0 aliphatic carbocycles. The van der Waals surface area contributed by atoms with Crippen molar-refractivity contribution in [1.29, 1.82) is 0 Å². The molecule has 2 amide bonds. The molecule has 118 valence electrons. The zero-order valence-corrected chi connectivity index (χ0v) is 12.8. The Balaban J connectivity index is 1.65. The Bertz CT molecular complexity index is 743. The van der Waals surface area contributed by atoms with Gasteiger partial charge in [-0.25, -0.2) is 0 Å². The number of hydrogen-bond acceptors (Lipinski definition) is 3. The Morgan fingerprint density at radius 3 is 2.78 bits per heavy atom. The van der Waals surface area contributed by atoms with Crippen molar-refractivity contribution < 1.29 is 14.3 Å². The van der Waals surface area contributed by atoms with Gasteiger partial charge in [-0.3, -0.25) is 9.59 Å². The molecule has 3 rings (SSSR count). The highest BCUT2D eigenvalue weighted by molar-refractivity contribution is 5.99. The van der Waals surface area contributed by atoms with Gasteiger partial charge in [-0.05, 0) is 30.7 Å². The van der Waals surface area contributed by atoms with Crippen molar-refractivity contribution in [3.05, 3.63) is 54.1 Å². The number of benzene rings is 2. The average Bonchev–Trinajstić information content (AvgIpc) is 2.69. The molecule has 1 aliphatic rings. The molecule has 0 radical (unpaired) electrons. The van der Waals surface area contributed by atoms with E-state index in [2.05, 4.69) is 10.6 Å². The lowest BCUT2D eigenvalue weighted by molar-refractivity contribution is -0.125. The topological polar surface area (TPSA) is 67.4 Å². The minimum atomic E-state index is -0.522. The highest BCUT2D eigenvalue weighted by Gasteiger charge is 2.27. The van der Waals surface area contributed by atoms with E-state index >= 15 is 0 Å². The average molecular weight is 310 g/mol. The van der Waals surface area contributed by atoms with Gasteiger partial charge in [0.1, 0.15) is 12.4 Å². The molecule has 23 heavy (non-hydrogen) atoms. The Morgan fingerprint density at radius 2 is 1.96 bits per heavy atom. The van der Waals surface area contributed by atoms with Crippen LogP contribution in [0.2, 0.25) is 0 Å². The number of amides is 2. The predicted molar refractivity (Wildman–Crippen MR) is 88.5 cm³/mol. The lowest BCUT2D eigenvalue weighted by Crippen LogP contribution is -2.29. The summed E-state index contributed by atoms with van der Waals surface area (Å²) in [5.74, 6) is -0.294. The maximum atomic E-state index is 12.3. The molecular weight excluding hydrogens is 292 g/mol. The Morgan fingerprint density at radius 1 is 1.22 bits per heavy atom. The second-order valence-electron chi connectivity index (χ2n) is 5.56. The van der Waals surface area contributed by atoms with Crippen molar-refractivity contribution in [3.8, 4) is 5.75 Å². The van der Waals surface area contributed by atoms with Crippen LogP contribution in [-0.4, -0.2) is 18.4 Å². The van der Waals surface area contributed by atoms with Crippen molar-refractivity contribution in [1.82, 2.24) is 0 Å². The summed E-state index contributed by atoms with van der Waals surface area (Å²) in [6.07, 6.45) is 0.0775. The fourth-order valence-electron chi connectivity index (χ4n) is 2.49. The van der Waals surface area contributed by atoms with Crippen LogP contribution in [0.4, 0.5) is 11.4 Å². The molecule has 2 N–H and O–H groups in total. The van der Waals surface area contributed by atoms with Crippen LogP contribution in [0, 0.1) is 12.8 Å². The molecule has 0 unspecified atom stereocenters. The summed E-state index contributed by atoms with van der Waals surface area (Å²) in [5, 5.41) is 5.65. The van der Waals surface area contributed by atoms with Crippen LogP contribution >= 0.6 is 0 Å². The van der Waals surface area contributed by atoms with Crippen LogP contribution in [0.3, 0.4) is 0 Å². The quantitative estimate of drug-likeness (QED) is 0.916. The van der Waals surface area contributed by atoms with Crippen LogP contribution < -0.4 is 15.4 Å². The number of ether oxygens (including phenoxy) is 1. The molecule has 0 aromatic heterocycles. The highest BCUT2D eigenvalue weighted by Crippen LogP contribution is 2.28. The number of rotatable bonds is 3. The van der Waals surface area contributed by atoms with E-state index in [0.717, 1.165) is 11.3 Å². The molecule has 0 saturated heterocycles. The first-order valence-corrected chi connectivity index (χ1v) is 7.51. The van der Waals surface area contributed by atoms with Gasteiger partial charge in [-0.15, -0.1) is 0 Å². The van der Waals surface area contributed by atoms with Crippen molar-refractivity contribution in [2.75, 3.05) is 17.2 Å². The van der Waals surface area contributed by atoms with E-state index in [1.165, 1.54) is 0 Å². The summed E-state index contributed by atoms with van der Waals surface area (Å²) < 4.78 is 5.64. The summed E-state index contributed by atoms with van der Waals surface area (Å²) in [7, 11) is 0. The van der Waals surface area contributed by atoms with E-state index in [1.54, 1.807) is 12.1 Å². The number of fused-ring (bicyclic) bond motifs is 1. The molecule has 5 nitrogen and oxygen atoms in total. The summed E-state index contributed by atoms with van der Waals surface area (Å²) >= 11 is 0. The van der Waals surface area contributed by atoms with E-state index in [4.69, 9.17) is 4.74 Å². The third-order valence-electron chi connectivity index (χ3n) is 3.81. The van der Waals surface area contributed by atoms with E-state index in [0.29, 0.717) is 11.4 Å². The van der Waals surface area contributed by atoms with Gasteiger partial charge < -0.3 is 15.4 Å². The van der Waals surface area contributed by atoms with Crippen molar-refractivity contribution in [2.24, 2.45) is 5.92 Å². The molecule has 1 atom stereocenters. The van der Waals surface area contributed by atoms with Gasteiger partial charge in [0.15, 0.2) is 0 Å². The summed E-state index contributed by atoms with van der Waals surface area (Å²) in [5.41, 5.74) is 2.38. The molecular formula is C18H18N2O3. The number of aryl methyl sites for hydroxylation is 1. The third-order valence-corrected chi connectivity index (χ3v) is 3.81. The fourth-order valence-corrected chi connectivity index (χ4v) is 2.49. The molecule has 0 fully saturated rings. The number of nitrogens with one attached hydrogen (secondary N) is 2. The summed E-state index contributed by atoms with van der Waals surface area (Å²) in [4.78, 5) is 24.5. The molecule has 2 aromatic carbocycles. The molecule has 5 heteroatoms. The van der Waals surface area contributed by atoms with E-state index in [1.807, 2.05) is 43.3 Å². The second kappa shape index (κ2) is 6.52. The monoisotopic (exact) mass is 310 g/mol. The van der Waals surface area contributed by atoms with Crippen molar-refractivity contribution >= 4 is 23.2 Å². The van der Waals surface area contributed by atoms with E-state index in [9.17, 15) is 9.59 Å². The molecule has 2 aromatic rings. The molecule has 1 heterocycles. The van der Waals surface area contributed by atoms with Gasteiger partial charge in [-0.1, -0.05) is 30.3 Å². The van der Waals surface area contributed by atoms with Crippen LogP contribution in [0.25, 0.3) is 0 Å². The fraction of sp³-hybridized carbons (Fsp3) is 0.222. The maximum Gasteiger partial charge on any atom is 0.231 e. The van der Waals surface area contributed by atoms with Crippen molar-refractivity contribution in [3.63, 3.8) is 0 Å². The zero-order valence-electron chi connectivity index (χ0n) is 12.8. The Kier molecular flexibility index (Phi) is 4.28. The van der Waals surface area contributed by atoms with Gasteiger partial charge >= 0.3 is 0 Å². The first-order chi connectivity index (χ1) is 11.1. The lowest BCUT2D eigenvalue weighted by atomic mass is 10.0. The predicted octanol–water partition coefficient (Wildman–Crippen LogP) is 2.97. The Hall–Kier alpha value is -2.82. The van der Waals surface area contributed by atoms with E-state index < -0.39 is 5.92 Å². The minimum absolute atomic E-state index is 0.0775. The van der Waals surface area contributed by atoms with Crippen LogP contribution in [0.1, 0.15) is 12.0 Å². The normalized spacial score (nSPS) is 16.6. The summed E-state index contributed by atoms with van der Waals surface area (Å²) in [6, 6.07) is 14.8. The lowest BCUT2D eigenvalue weighted by Gasteiger charge is -2.13. The number of carbonyl (C=O) groups excluding carboxylic acids is 2. The van der Waals surface area contributed by atoms with Gasteiger partial charge in [0.05, 0.1) is 11.6 Å². The number of para-hydroxylation sites is 3. The van der Waals surface area contributed by atoms with E-state index in [-0.39, 0.29) is 24.8 Å². The summed E-state index contributed by atoms with van der Waals surface area (Å²) in [6.45, 7) is 2.11. The molecule has 0 saturated carbocycles. The largest absolute Gasteiger partial charge is 0.491 e. The van der Waals surface area contributed by atoms with Gasteiger partial charge in [0, 0.05) is 12.1 Å². The third kappa shape index (κ3) is 3.51. The molecule has 1 aliphatic heterocycles. The minimum Gasteiger partial charge on any atom is -0.491 e. The number of anilines is 2. The van der Waals surface area contributed by atoms with Crippen molar-refractivity contribution in [2.45, 2.75) is 13.3 Å². The maximum absolute atomic E-state index is 12.3. The molecule has 0 spiro atoms. The van der Waals surface area contributed by atoms with Gasteiger partial charge in [0.2, 0.25) is 11.8 Å². The first kappa shape index (κ1) is 15.1. The number of hydrogen-bond donors (Lipinski definition) is 2. The molecule has 0 bridgehead atoms. The zero-order chi connectivity index (χ0) is 16.2. The SMILES string of the molecule is Cc1ccccc1NC(=O)C[C@H]1COc2ccccc2NC1=O. The number of carbonyl (C=O) groups is 2. The van der Waals surface area contributed by atoms with Crippen LogP contribution in [0.15, 0.2) is 48.5 Å². The second-order valence-corrected chi connectivity index (χ2v) is 5.56. The highest BCUT2D eigenvalue weighted by atomic mass is 16.5. The first-order valence-electron chi connectivity index (χ1n) is 7.51. The van der Waals surface area contributed by atoms with Gasteiger partial charge in [0.25, 0.3) is 0 Å². The van der Waals surface area contributed by atoms with Gasteiger partial charge in [-0.2, -0.15) is 0 Å².